The van der Waals surface area contributed by atoms with Crippen molar-refractivity contribution in [1.82, 2.24) is 4.31 Å². The predicted octanol–water partition coefficient (Wildman–Crippen LogP) is 3.31. The average Bonchev–Trinajstić information content (AvgIpc) is 2.65. The number of carbonyl (C=O) groups excluding carboxylic acids is 1. The Bertz CT molecular complexity index is 955. The van der Waals surface area contributed by atoms with E-state index >= 15 is 0 Å². The Hall–Kier alpha value is -2.32. The zero-order valence-corrected chi connectivity index (χ0v) is 15.6. The van der Waals surface area contributed by atoms with Crippen LogP contribution in [0.2, 0.25) is 0 Å². The molecule has 0 aromatic heterocycles. The minimum Gasteiger partial charge on any atom is -0.326 e. The molecule has 3 rings (SSSR count). The van der Waals surface area contributed by atoms with Crippen LogP contribution in [0.3, 0.4) is 0 Å². The van der Waals surface area contributed by atoms with Gasteiger partial charge in [0.05, 0.1) is 4.90 Å². The minimum absolute atomic E-state index is 0.175. The fourth-order valence-corrected chi connectivity index (χ4v) is 4.86. The monoisotopic (exact) mass is 394 g/mol. The number of carbonyl (C=O) groups is 1. The molecule has 27 heavy (non-hydrogen) atoms. The summed E-state index contributed by atoms with van der Waals surface area (Å²) < 4.78 is 53.2. The summed E-state index contributed by atoms with van der Waals surface area (Å²) in [4.78, 5) is 12.6. The van der Waals surface area contributed by atoms with Gasteiger partial charge in [-0.05, 0) is 43.5 Å². The van der Waals surface area contributed by atoms with Gasteiger partial charge < -0.3 is 5.32 Å². The zero-order valence-electron chi connectivity index (χ0n) is 14.8. The molecule has 0 aliphatic carbocycles. The van der Waals surface area contributed by atoms with Crippen LogP contribution in [0.5, 0.6) is 0 Å². The molecule has 1 heterocycles. The molecule has 0 unspecified atom stereocenters. The molecular weight excluding hydrogens is 374 g/mol. The third-order valence-electron chi connectivity index (χ3n) is 4.72. The first-order chi connectivity index (χ1) is 12.8. The van der Waals surface area contributed by atoms with E-state index in [1.807, 2.05) is 0 Å². The first-order valence-corrected chi connectivity index (χ1v) is 10.0. The lowest BCUT2D eigenvalue weighted by molar-refractivity contribution is -0.120. The Morgan fingerprint density at radius 3 is 2.37 bits per heavy atom. The minimum atomic E-state index is -3.60. The van der Waals surface area contributed by atoms with E-state index in [0.717, 1.165) is 12.1 Å². The topological polar surface area (TPSA) is 66.5 Å². The van der Waals surface area contributed by atoms with Crippen LogP contribution in [-0.2, 0) is 14.8 Å². The second-order valence-electron chi connectivity index (χ2n) is 6.56. The summed E-state index contributed by atoms with van der Waals surface area (Å²) in [6, 6.07) is 9.94. The van der Waals surface area contributed by atoms with Crippen molar-refractivity contribution in [1.29, 1.82) is 0 Å². The van der Waals surface area contributed by atoms with Gasteiger partial charge in [-0.3, -0.25) is 4.79 Å². The third kappa shape index (κ3) is 4.17. The molecule has 1 N–H and O–H groups in total. The Kier molecular flexibility index (Phi) is 5.57. The van der Waals surface area contributed by atoms with Gasteiger partial charge in [-0.1, -0.05) is 18.2 Å². The summed E-state index contributed by atoms with van der Waals surface area (Å²) in [5, 5.41) is 2.56. The van der Waals surface area contributed by atoms with Crippen LogP contribution in [-0.4, -0.2) is 31.7 Å². The quantitative estimate of drug-likeness (QED) is 0.865. The highest BCUT2D eigenvalue weighted by Crippen LogP contribution is 2.26. The van der Waals surface area contributed by atoms with Crippen LogP contribution in [0, 0.1) is 24.5 Å². The van der Waals surface area contributed by atoms with Crippen LogP contribution < -0.4 is 5.32 Å². The molecule has 0 saturated carbocycles. The van der Waals surface area contributed by atoms with Gasteiger partial charge >= 0.3 is 0 Å². The van der Waals surface area contributed by atoms with Crippen molar-refractivity contribution >= 4 is 21.6 Å². The summed E-state index contributed by atoms with van der Waals surface area (Å²) >= 11 is 0. The van der Waals surface area contributed by atoms with E-state index in [1.54, 1.807) is 31.2 Å². The molecule has 5 nitrogen and oxygen atoms in total. The van der Waals surface area contributed by atoms with E-state index in [2.05, 4.69) is 5.32 Å². The number of rotatable bonds is 4. The van der Waals surface area contributed by atoms with E-state index < -0.39 is 21.7 Å². The van der Waals surface area contributed by atoms with Crippen LogP contribution in [0.1, 0.15) is 18.4 Å². The summed E-state index contributed by atoms with van der Waals surface area (Å²) in [6.45, 7) is 2.20. The van der Waals surface area contributed by atoms with Gasteiger partial charge in [0.1, 0.15) is 0 Å². The largest absolute Gasteiger partial charge is 0.326 e. The van der Waals surface area contributed by atoms with Gasteiger partial charge in [0, 0.05) is 30.8 Å². The lowest BCUT2D eigenvalue weighted by Gasteiger charge is -2.31. The Morgan fingerprint density at radius 2 is 1.74 bits per heavy atom. The van der Waals surface area contributed by atoms with Crippen LogP contribution in [0.15, 0.2) is 47.4 Å². The number of amides is 1. The van der Waals surface area contributed by atoms with E-state index in [9.17, 15) is 22.0 Å². The molecule has 2 aromatic rings. The lowest BCUT2D eigenvalue weighted by atomic mass is 9.97. The second kappa shape index (κ2) is 7.74. The highest BCUT2D eigenvalue weighted by Gasteiger charge is 2.32. The maximum absolute atomic E-state index is 13.2. The molecule has 1 aliphatic rings. The normalized spacial score (nSPS) is 16.3. The van der Waals surface area contributed by atoms with Crippen molar-refractivity contribution in [2.45, 2.75) is 24.7 Å². The van der Waals surface area contributed by atoms with E-state index in [1.165, 1.54) is 10.4 Å². The summed E-state index contributed by atoms with van der Waals surface area (Å²) in [5.74, 6) is -2.73. The van der Waals surface area contributed by atoms with E-state index in [-0.39, 0.29) is 35.5 Å². The van der Waals surface area contributed by atoms with Gasteiger partial charge in [0.25, 0.3) is 0 Å². The maximum atomic E-state index is 13.2. The summed E-state index contributed by atoms with van der Waals surface area (Å²) in [7, 11) is -3.60. The van der Waals surface area contributed by atoms with E-state index in [0.29, 0.717) is 18.4 Å². The van der Waals surface area contributed by atoms with Crippen molar-refractivity contribution in [3.63, 3.8) is 0 Å². The van der Waals surface area contributed by atoms with Crippen molar-refractivity contribution in [2.24, 2.45) is 5.92 Å². The number of hydrogen-bond acceptors (Lipinski definition) is 3. The number of aryl methyl sites for hydroxylation is 1. The SMILES string of the molecule is Cc1ccccc1S(=O)(=O)N1CCC(C(=O)Nc2ccc(F)c(F)c2)CC1. The first-order valence-electron chi connectivity index (χ1n) is 8.61. The Balaban J connectivity index is 1.63. The lowest BCUT2D eigenvalue weighted by Crippen LogP contribution is -2.41. The van der Waals surface area contributed by atoms with Gasteiger partial charge in [-0.15, -0.1) is 0 Å². The number of halogens is 2. The molecule has 0 bridgehead atoms. The number of hydrogen-bond donors (Lipinski definition) is 1. The molecule has 0 spiro atoms. The van der Waals surface area contributed by atoms with Crippen molar-refractivity contribution in [3.05, 3.63) is 59.7 Å². The van der Waals surface area contributed by atoms with Gasteiger partial charge in [-0.25, -0.2) is 17.2 Å². The molecule has 1 fully saturated rings. The fraction of sp³-hybridized carbons (Fsp3) is 0.316. The molecule has 1 saturated heterocycles. The maximum Gasteiger partial charge on any atom is 0.243 e. The number of nitrogens with zero attached hydrogens (tertiary/aromatic N) is 1. The van der Waals surface area contributed by atoms with Gasteiger partial charge in [0.2, 0.25) is 15.9 Å². The van der Waals surface area contributed by atoms with Crippen LogP contribution >= 0.6 is 0 Å². The Morgan fingerprint density at radius 1 is 1.07 bits per heavy atom. The zero-order chi connectivity index (χ0) is 19.6. The average molecular weight is 394 g/mol. The summed E-state index contributed by atoms with van der Waals surface area (Å²) in [5.41, 5.74) is 0.851. The number of piperidine rings is 1. The van der Waals surface area contributed by atoms with Crippen molar-refractivity contribution in [3.8, 4) is 0 Å². The standard InChI is InChI=1S/C19H20F2N2O3S/c1-13-4-2-3-5-18(13)27(25,26)23-10-8-14(9-11-23)19(24)22-15-6-7-16(20)17(21)12-15/h2-7,12,14H,8-11H2,1H3,(H,22,24). The van der Waals surface area contributed by atoms with Gasteiger partial charge in [0.15, 0.2) is 11.6 Å². The molecule has 1 amide bonds. The molecule has 144 valence electrons. The molecule has 2 aromatic carbocycles. The molecule has 1 aliphatic heterocycles. The van der Waals surface area contributed by atoms with Crippen molar-refractivity contribution in [2.75, 3.05) is 18.4 Å². The number of anilines is 1. The molecular formula is C19H20F2N2O3S. The molecule has 8 heteroatoms. The third-order valence-corrected chi connectivity index (χ3v) is 6.78. The predicted molar refractivity (Wildman–Crippen MR) is 97.6 cm³/mol. The molecule has 0 radical (unpaired) electrons. The number of nitrogens with one attached hydrogen (secondary N) is 1. The second-order valence-corrected chi connectivity index (χ2v) is 8.47. The molecule has 0 atom stereocenters. The Labute approximate surface area is 157 Å². The van der Waals surface area contributed by atoms with E-state index in [4.69, 9.17) is 0 Å². The fourth-order valence-electron chi connectivity index (χ4n) is 3.16. The van der Waals surface area contributed by atoms with Crippen LogP contribution in [0.4, 0.5) is 14.5 Å². The summed E-state index contributed by atoms with van der Waals surface area (Å²) in [6.07, 6.45) is 0.723. The highest BCUT2D eigenvalue weighted by atomic mass is 32.2. The number of benzene rings is 2. The first kappa shape index (κ1) is 19.4. The van der Waals surface area contributed by atoms with Crippen molar-refractivity contribution < 1.29 is 22.0 Å². The number of sulfonamides is 1. The van der Waals surface area contributed by atoms with Gasteiger partial charge in [-0.2, -0.15) is 4.31 Å². The van der Waals surface area contributed by atoms with Crippen LogP contribution in [0.25, 0.3) is 0 Å². The smallest absolute Gasteiger partial charge is 0.243 e. The highest BCUT2D eigenvalue weighted by molar-refractivity contribution is 7.89.